The molecule has 2 aromatic heterocycles. The Kier molecular flexibility index (Phi) is 6.92. The summed E-state index contributed by atoms with van der Waals surface area (Å²) in [5.41, 5.74) is -0.0786. The van der Waals surface area contributed by atoms with Gasteiger partial charge in [0.1, 0.15) is 6.54 Å². The SMILES string of the molecule is C=C/C(=C(C)/C=C\C)c1ccc(C(C)=O)c(-c2ccn(CC(F)(F)F)c(=O)c2F)n1. The van der Waals surface area contributed by atoms with Crippen molar-refractivity contribution in [3.8, 4) is 11.3 Å². The molecule has 8 heteroatoms. The molecule has 0 spiro atoms. The van der Waals surface area contributed by atoms with Crippen LogP contribution < -0.4 is 5.56 Å². The zero-order valence-corrected chi connectivity index (χ0v) is 16.7. The average Bonchev–Trinajstić information content (AvgIpc) is 2.65. The van der Waals surface area contributed by atoms with Crippen LogP contribution in [0.1, 0.15) is 36.8 Å². The zero-order chi connectivity index (χ0) is 22.6. The van der Waals surface area contributed by atoms with Gasteiger partial charge in [-0.1, -0.05) is 24.8 Å². The lowest BCUT2D eigenvalue weighted by molar-refractivity contribution is -0.141. The first-order chi connectivity index (χ1) is 14.0. The first-order valence-electron chi connectivity index (χ1n) is 8.94. The molecule has 2 aromatic rings. The summed E-state index contributed by atoms with van der Waals surface area (Å²) in [6, 6.07) is 4.01. The van der Waals surface area contributed by atoms with Crippen molar-refractivity contribution in [3.05, 3.63) is 82.2 Å². The van der Waals surface area contributed by atoms with Crippen LogP contribution >= 0.6 is 0 Å². The molecule has 0 saturated carbocycles. The summed E-state index contributed by atoms with van der Waals surface area (Å²) in [7, 11) is 0. The predicted octanol–water partition coefficient (Wildman–Crippen LogP) is 5.35. The maximum Gasteiger partial charge on any atom is 0.406 e. The summed E-state index contributed by atoms with van der Waals surface area (Å²) in [5.74, 6) is -1.85. The van der Waals surface area contributed by atoms with E-state index in [1.165, 1.54) is 13.0 Å². The third-order valence-electron chi connectivity index (χ3n) is 4.31. The summed E-state index contributed by atoms with van der Waals surface area (Å²) in [6.07, 6.45) is 1.32. The summed E-state index contributed by atoms with van der Waals surface area (Å²) in [6.45, 7) is 7.01. The first-order valence-corrected chi connectivity index (χ1v) is 8.94. The molecule has 0 N–H and O–H groups in total. The molecule has 0 bridgehead atoms. The fraction of sp³-hybridized carbons (Fsp3) is 0.227. The number of nitrogens with zero attached hydrogens (tertiary/aromatic N) is 2. The van der Waals surface area contributed by atoms with Crippen LogP contribution in [0.15, 0.2) is 59.6 Å². The molecule has 0 aliphatic rings. The Morgan fingerprint density at radius 1 is 1.23 bits per heavy atom. The molecular formula is C22H20F4N2O2. The molecule has 0 aliphatic heterocycles. The summed E-state index contributed by atoms with van der Waals surface area (Å²) < 4.78 is 52.8. The smallest absolute Gasteiger partial charge is 0.304 e. The summed E-state index contributed by atoms with van der Waals surface area (Å²) >= 11 is 0. The van der Waals surface area contributed by atoms with Crippen LogP contribution in [-0.4, -0.2) is 21.5 Å². The minimum Gasteiger partial charge on any atom is -0.304 e. The Labute approximate surface area is 170 Å². The van der Waals surface area contributed by atoms with E-state index in [1.807, 2.05) is 26.0 Å². The maximum atomic E-state index is 14.8. The number of aromatic nitrogens is 2. The van der Waals surface area contributed by atoms with Gasteiger partial charge in [0.2, 0.25) is 0 Å². The quantitative estimate of drug-likeness (QED) is 0.360. The van der Waals surface area contributed by atoms with E-state index < -0.39 is 29.9 Å². The van der Waals surface area contributed by atoms with E-state index in [9.17, 15) is 27.2 Å². The van der Waals surface area contributed by atoms with Gasteiger partial charge in [0.25, 0.3) is 5.56 Å². The number of ketones is 1. The van der Waals surface area contributed by atoms with Crippen LogP contribution in [0.2, 0.25) is 0 Å². The normalized spacial score (nSPS) is 12.8. The Hall–Kier alpha value is -3.29. The standard InChI is InChI=1S/C22H20F4N2O2/c1-5-7-13(3)15(6-2)18-9-8-16(14(4)29)20(27-18)17-10-11-28(12-22(24,25)26)21(30)19(17)23/h5-11H,2,12H2,1,3-4H3/b7-5-,15-13-. The van der Waals surface area contributed by atoms with Crippen LogP contribution in [0, 0.1) is 5.82 Å². The van der Waals surface area contributed by atoms with E-state index in [0.717, 1.165) is 17.8 Å². The van der Waals surface area contributed by atoms with E-state index in [-0.39, 0.29) is 21.4 Å². The minimum atomic E-state index is -4.69. The Balaban J connectivity index is 2.76. The molecule has 30 heavy (non-hydrogen) atoms. The van der Waals surface area contributed by atoms with Gasteiger partial charge in [-0.25, -0.2) is 9.37 Å². The van der Waals surface area contributed by atoms with Crippen molar-refractivity contribution < 1.29 is 22.4 Å². The Morgan fingerprint density at radius 3 is 2.43 bits per heavy atom. The van der Waals surface area contributed by atoms with E-state index in [1.54, 1.807) is 12.1 Å². The second kappa shape index (κ2) is 9.02. The molecule has 0 saturated heterocycles. The van der Waals surface area contributed by atoms with E-state index in [2.05, 4.69) is 11.6 Å². The van der Waals surface area contributed by atoms with Crippen LogP contribution in [0.25, 0.3) is 16.8 Å². The highest BCUT2D eigenvalue weighted by atomic mass is 19.4. The number of hydrogen-bond donors (Lipinski definition) is 0. The van der Waals surface area contributed by atoms with Gasteiger partial charge in [0.15, 0.2) is 11.6 Å². The predicted molar refractivity (Wildman–Crippen MR) is 108 cm³/mol. The van der Waals surface area contributed by atoms with Crippen LogP contribution in [0.5, 0.6) is 0 Å². The van der Waals surface area contributed by atoms with Crippen molar-refractivity contribution in [3.63, 3.8) is 0 Å². The summed E-state index contributed by atoms with van der Waals surface area (Å²) in [5, 5.41) is 0. The van der Waals surface area contributed by atoms with Gasteiger partial charge in [-0.05, 0) is 44.5 Å². The second-order valence-electron chi connectivity index (χ2n) is 6.54. The van der Waals surface area contributed by atoms with Crippen molar-refractivity contribution in [2.75, 3.05) is 0 Å². The fourth-order valence-corrected chi connectivity index (χ4v) is 2.95. The molecule has 0 aliphatic carbocycles. The minimum absolute atomic E-state index is 0.0396. The molecule has 0 fully saturated rings. The van der Waals surface area contributed by atoms with Crippen LogP contribution in [0.3, 0.4) is 0 Å². The molecule has 0 amide bonds. The third kappa shape index (κ3) is 5.00. The van der Waals surface area contributed by atoms with Crippen molar-refractivity contribution in [2.45, 2.75) is 33.5 Å². The van der Waals surface area contributed by atoms with Gasteiger partial charge >= 0.3 is 6.18 Å². The second-order valence-corrected chi connectivity index (χ2v) is 6.54. The number of hydrogen-bond acceptors (Lipinski definition) is 3. The van der Waals surface area contributed by atoms with Crippen LogP contribution in [-0.2, 0) is 6.54 Å². The highest BCUT2D eigenvalue weighted by Crippen LogP contribution is 2.28. The number of pyridine rings is 2. The average molecular weight is 420 g/mol. The number of carbonyl (C=O) groups excluding carboxylic acids is 1. The van der Waals surface area contributed by atoms with Crippen molar-refractivity contribution in [1.82, 2.24) is 9.55 Å². The molecule has 0 atom stereocenters. The number of carbonyl (C=O) groups is 1. The molecule has 0 unspecified atom stereocenters. The molecule has 0 aromatic carbocycles. The maximum absolute atomic E-state index is 14.8. The number of Topliss-reactive ketones (excluding diaryl/α,β-unsaturated/α-hetero) is 1. The van der Waals surface area contributed by atoms with Gasteiger partial charge in [-0.2, -0.15) is 13.2 Å². The van der Waals surface area contributed by atoms with Gasteiger partial charge in [0.05, 0.1) is 11.4 Å². The largest absolute Gasteiger partial charge is 0.406 e. The van der Waals surface area contributed by atoms with Gasteiger partial charge in [-0.3, -0.25) is 9.59 Å². The molecule has 2 heterocycles. The Bertz CT molecular complexity index is 1110. The lowest BCUT2D eigenvalue weighted by Gasteiger charge is -2.14. The van der Waals surface area contributed by atoms with Crippen molar-refractivity contribution in [1.29, 1.82) is 0 Å². The lowest BCUT2D eigenvalue weighted by Crippen LogP contribution is -2.30. The molecule has 0 radical (unpaired) electrons. The van der Waals surface area contributed by atoms with Gasteiger partial charge < -0.3 is 4.57 Å². The molecule has 158 valence electrons. The number of alkyl halides is 3. The van der Waals surface area contributed by atoms with Crippen molar-refractivity contribution in [2.24, 2.45) is 0 Å². The lowest BCUT2D eigenvalue weighted by atomic mass is 9.99. The number of halogens is 4. The van der Waals surface area contributed by atoms with E-state index in [0.29, 0.717) is 11.3 Å². The molecule has 4 nitrogen and oxygen atoms in total. The first kappa shape index (κ1) is 23.0. The van der Waals surface area contributed by atoms with Crippen molar-refractivity contribution >= 4 is 11.4 Å². The van der Waals surface area contributed by atoms with Crippen LogP contribution in [0.4, 0.5) is 17.6 Å². The third-order valence-corrected chi connectivity index (χ3v) is 4.31. The van der Waals surface area contributed by atoms with Gasteiger partial charge in [0, 0.05) is 22.9 Å². The number of rotatable bonds is 6. The monoisotopic (exact) mass is 420 g/mol. The highest BCUT2D eigenvalue weighted by Gasteiger charge is 2.29. The zero-order valence-electron chi connectivity index (χ0n) is 16.7. The fourth-order valence-electron chi connectivity index (χ4n) is 2.95. The summed E-state index contributed by atoms with van der Waals surface area (Å²) in [4.78, 5) is 28.5. The molecular weight excluding hydrogens is 400 g/mol. The topological polar surface area (TPSA) is 52.0 Å². The Morgan fingerprint density at radius 2 is 1.90 bits per heavy atom. The van der Waals surface area contributed by atoms with Gasteiger partial charge in [-0.15, -0.1) is 0 Å². The molecule has 2 rings (SSSR count). The van der Waals surface area contributed by atoms with E-state index >= 15 is 0 Å². The van der Waals surface area contributed by atoms with E-state index in [4.69, 9.17) is 0 Å². The highest BCUT2D eigenvalue weighted by molar-refractivity contribution is 6.00. The number of allylic oxidation sites excluding steroid dienone is 5.